The molecular weight excluding hydrogens is 242 g/mol. The van der Waals surface area contributed by atoms with Crippen LogP contribution in [0.25, 0.3) is 0 Å². The van der Waals surface area contributed by atoms with Gasteiger partial charge in [0.15, 0.2) is 0 Å². The molecule has 0 radical (unpaired) electrons. The van der Waals surface area contributed by atoms with Gasteiger partial charge in [0.25, 0.3) is 0 Å². The molecule has 1 rings (SSSR count). The number of hydrogen-bond acceptors (Lipinski definition) is 4. The third kappa shape index (κ3) is 5.09. The van der Waals surface area contributed by atoms with Crippen molar-refractivity contribution in [3.63, 3.8) is 0 Å². The van der Waals surface area contributed by atoms with Crippen LogP contribution in [0, 0.1) is 5.92 Å². The number of nitrogens with one attached hydrogen (secondary N) is 1. The minimum Gasteiger partial charge on any atom is -0.497 e. The first-order valence-corrected chi connectivity index (χ1v) is 6.77. The summed E-state index contributed by atoms with van der Waals surface area (Å²) in [5.41, 5.74) is 1.08. The highest BCUT2D eigenvalue weighted by molar-refractivity contribution is 5.40. The Balaban J connectivity index is 2.55. The number of benzene rings is 1. The van der Waals surface area contributed by atoms with Crippen LogP contribution in [-0.4, -0.2) is 32.5 Å². The highest BCUT2D eigenvalue weighted by atomic mass is 16.5. The molecule has 19 heavy (non-hydrogen) atoms. The average molecular weight is 267 g/mol. The summed E-state index contributed by atoms with van der Waals surface area (Å²) < 4.78 is 10.6. The van der Waals surface area contributed by atoms with E-state index in [4.69, 9.17) is 14.6 Å². The fraction of sp³-hybridized carbons (Fsp3) is 0.600. The summed E-state index contributed by atoms with van der Waals surface area (Å²) >= 11 is 0. The molecular formula is C15H25NO3. The molecule has 108 valence electrons. The molecule has 0 spiro atoms. The van der Waals surface area contributed by atoms with Crippen LogP contribution in [0.15, 0.2) is 18.2 Å². The number of hydrogen-bond donors (Lipinski definition) is 2. The minimum absolute atomic E-state index is 0.253. The second-order valence-corrected chi connectivity index (χ2v) is 4.60. The summed E-state index contributed by atoms with van der Waals surface area (Å²) in [5.74, 6) is 2.21. The SMILES string of the molecule is CCC(CCO)CNCc1cc(OC)ccc1OC. The first-order valence-electron chi connectivity index (χ1n) is 6.77. The summed E-state index contributed by atoms with van der Waals surface area (Å²) in [4.78, 5) is 0. The van der Waals surface area contributed by atoms with E-state index in [1.165, 1.54) is 0 Å². The third-order valence-electron chi connectivity index (χ3n) is 3.35. The summed E-state index contributed by atoms with van der Waals surface area (Å²) in [6.45, 7) is 4.04. The van der Waals surface area contributed by atoms with Crippen LogP contribution in [0.4, 0.5) is 0 Å². The molecule has 4 nitrogen and oxygen atoms in total. The standard InChI is InChI=1S/C15H25NO3/c1-4-12(7-8-17)10-16-11-13-9-14(18-2)5-6-15(13)19-3/h5-6,9,12,16-17H,4,7-8,10-11H2,1-3H3. The summed E-state index contributed by atoms with van der Waals surface area (Å²) in [7, 11) is 3.33. The van der Waals surface area contributed by atoms with Crippen molar-refractivity contribution in [3.05, 3.63) is 23.8 Å². The second kappa shape index (κ2) is 8.77. The monoisotopic (exact) mass is 267 g/mol. The largest absolute Gasteiger partial charge is 0.497 e. The van der Waals surface area contributed by atoms with E-state index in [9.17, 15) is 0 Å². The Bertz CT molecular complexity index is 368. The van der Waals surface area contributed by atoms with Crippen molar-refractivity contribution in [1.82, 2.24) is 5.32 Å². The van der Waals surface area contributed by atoms with Gasteiger partial charge in [0.1, 0.15) is 11.5 Å². The molecule has 0 aliphatic heterocycles. The molecule has 0 amide bonds. The molecule has 0 saturated carbocycles. The molecule has 0 heterocycles. The van der Waals surface area contributed by atoms with Crippen molar-refractivity contribution in [2.45, 2.75) is 26.3 Å². The topological polar surface area (TPSA) is 50.7 Å². The maximum atomic E-state index is 8.97. The second-order valence-electron chi connectivity index (χ2n) is 4.60. The lowest BCUT2D eigenvalue weighted by Crippen LogP contribution is -2.23. The first-order chi connectivity index (χ1) is 9.24. The molecule has 1 atom stereocenters. The van der Waals surface area contributed by atoms with Crippen molar-refractivity contribution >= 4 is 0 Å². The predicted octanol–water partition coefficient (Wildman–Crippen LogP) is 2.20. The summed E-state index contributed by atoms with van der Waals surface area (Å²) in [5, 5.41) is 12.4. The fourth-order valence-electron chi connectivity index (χ4n) is 2.06. The molecule has 1 aromatic carbocycles. The zero-order valence-corrected chi connectivity index (χ0v) is 12.1. The van der Waals surface area contributed by atoms with Crippen molar-refractivity contribution in [2.75, 3.05) is 27.4 Å². The first kappa shape index (κ1) is 15.8. The Hall–Kier alpha value is -1.26. The van der Waals surface area contributed by atoms with Crippen molar-refractivity contribution in [1.29, 1.82) is 0 Å². The number of aliphatic hydroxyl groups is 1. The van der Waals surface area contributed by atoms with E-state index in [0.29, 0.717) is 5.92 Å². The fourth-order valence-corrected chi connectivity index (χ4v) is 2.06. The van der Waals surface area contributed by atoms with E-state index in [1.807, 2.05) is 18.2 Å². The molecule has 0 aliphatic carbocycles. The Morgan fingerprint density at radius 3 is 2.63 bits per heavy atom. The van der Waals surface area contributed by atoms with Gasteiger partial charge in [0.05, 0.1) is 14.2 Å². The smallest absolute Gasteiger partial charge is 0.123 e. The quantitative estimate of drug-likeness (QED) is 0.720. The average Bonchev–Trinajstić information content (AvgIpc) is 2.46. The predicted molar refractivity (Wildman–Crippen MR) is 76.7 cm³/mol. The van der Waals surface area contributed by atoms with Crippen LogP contribution in [0.3, 0.4) is 0 Å². The van der Waals surface area contributed by atoms with Crippen LogP contribution in [0.5, 0.6) is 11.5 Å². The molecule has 0 bridgehead atoms. The number of rotatable bonds is 9. The van der Waals surface area contributed by atoms with Crippen LogP contribution in [-0.2, 0) is 6.54 Å². The molecule has 1 unspecified atom stereocenters. The highest BCUT2D eigenvalue weighted by Crippen LogP contribution is 2.23. The molecule has 0 fully saturated rings. The van der Waals surface area contributed by atoms with Gasteiger partial charge in [-0.3, -0.25) is 0 Å². The minimum atomic E-state index is 0.253. The van der Waals surface area contributed by atoms with E-state index in [-0.39, 0.29) is 6.61 Å². The Morgan fingerprint density at radius 2 is 2.05 bits per heavy atom. The van der Waals surface area contributed by atoms with Crippen LogP contribution in [0.2, 0.25) is 0 Å². The lowest BCUT2D eigenvalue weighted by Gasteiger charge is -2.16. The number of methoxy groups -OCH3 is 2. The summed E-state index contributed by atoms with van der Waals surface area (Å²) in [6, 6.07) is 5.79. The van der Waals surface area contributed by atoms with Gasteiger partial charge in [-0.1, -0.05) is 13.3 Å². The van der Waals surface area contributed by atoms with Gasteiger partial charge in [-0.15, -0.1) is 0 Å². The van der Waals surface area contributed by atoms with Gasteiger partial charge in [-0.25, -0.2) is 0 Å². The van der Waals surface area contributed by atoms with E-state index in [0.717, 1.165) is 43.0 Å². The van der Waals surface area contributed by atoms with Crippen LogP contribution >= 0.6 is 0 Å². The normalized spacial score (nSPS) is 12.2. The van der Waals surface area contributed by atoms with Crippen molar-refractivity contribution in [2.24, 2.45) is 5.92 Å². The maximum absolute atomic E-state index is 8.97. The molecule has 0 aliphatic rings. The third-order valence-corrected chi connectivity index (χ3v) is 3.35. The van der Waals surface area contributed by atoms with Crippen LogP contribution in [0.1, 0.15) is 25.3 Å². The molecule has 0 saturated heterocycles. The number of aliphatic hydroxyl groups excluding tert-OH is 1. The lowest BCUT2D eigenvalue weighted by molar-refractivity contribution is 0.251. The summed E-state index contributed by atoms with van der Waals surface area (Å²) in [6.07, 6.45) is 1.92. The van der Waals surface area contributed by atoms with Crippen molar-refractivity contribution in [3.8, 4) is 11.5 Å². The van der Waals surface area contributed by atoms with E-state index in [2.05, 4.69) is 12.2 Å². The Morgan fingerprint density at radius 1 is 1.26 bits per heavy atom. The van der Waals surface area contributed by atoms with Gasteiger partial charge < -0.3 is 19.9 Å². The van der Waals surface area contributed by atoms with E-state index >= 15 is 0 Å². The van der Waals surface area contributed by atoms with Gasteiger partial charge in [-0.2, -0.15) is 0 Å². The molecule has 2 N–H and O–H groups in total. The molecule has 0 aromatic heterocycles. The Labute approximate surface area is 115 Å². The zero-order valence-electron chi connectivity index (χ0n) is 12.1. The lowest BCUT2D eigenvalue weighted by atomic mass is 10.0. The van der Waals surface area contributed by atoms with E-state index in [1.54, 1.807) is 14.2 Å². The van der Waals surface area contributed by atoms with E-state index < -0.39 is 0 Å². The van der Waals surface area contributed by atoms with Gasteiger partial charge >= 0.3 is 0 Å². The number of ether oxygens (including phenoxy) is 2. The molecule has 1 aromatic rings. The highest BCUT2D eigenvalue weighted by Gasteiger charge is 2.08. The van der Waals surface area contributed by atoms with Gasteiger partial charge in [-0.05, 0) is 37.1 Å². The van der Waals surface area contributed by atoms with Gasteiger partial charge in [0, 0.05) is 18.7 Å². The zero-order chi connectivity index (χ0) is 14.1. The van der Waals surface area contributed by atoms with Gasteiger partial charge in [0.2, 0.25) is 0 Å². The molecule has 4 heteroatoms. The Kier molecular flexibility index (Phi) is 7.30. The maximum Gasteiger partial charge on any atom is 0.123 e. The van der Waals surface area contributed by atoms with Crippen molar-refractivity contribution < 1.29 is 14.6 Å². The van der Waals surface area contributed by atoms with Crippen LogP contribution < -0.4 is 14.8 Å².